The third-order valence-corrected chi connectivity index (χ3v) is 4.29. The summed E-state index contributed by atoms with van der Waals surface area (Å²) in [4.78, 5) is 4.67. The first-order chi connectivity index (χ1) is 8.52. The number of hydrogen-bond donors (Lipinski definition) is 1. The molecule has 2 rings (SSSR count). The first-order valence-electron chi connectivity index (χ1n) is 5.31. The Balaban J connectivity index is 2.32. The maximum atomic E-state index is 14.0. The van der Waals surface area contributed by atoms with Crippen molar-refractivity contribution in [2.24, 2.45) is 5.73 Å². The van der Waals surface area contributed by atoms with E-state index >= 15 is 0 Å². The van der Waals surface area contributed by atoms with Gasteiger partial charge >= 0.3 is 0 Å². The predicted molar refractivity (Wildman–Crippen MR) is 72.1 cm³/mol. The highest BCUT2D eigenvalue weighted by molar-refractivity contribution is 9.10. The largest absolute Gasteiger partial charge is 0.436 e. The maximum absolute atomic E-state index is 14.0. The molecule has 2 N–H and O–H groups in total. The zero-order valence-electron chi connectivity index (χ0n) is 9.96. The Morgan fingerprint density at radius 2 is 2.17 bits per heavy atom. The van der Waals surface area contributed by atoms with Crippen LogP contribution in [0.25, 0.3) is 0 Å². The fraction of sp³-hybridized carbons (Fsp3) is 0.250. The number of aryl methyl sites for hydroxylation is 2. The van der Waals surface area contributed by atoms with E-state index in [0.717, 1.165) is 28.8 Å². The molecule has 0 bridgehead atoms. The van der Waals surface area contributed by atoms with Gasteiger partial charge in [0.05, 0.1) is 15.1 Å². The monoisotopic (exact) mass is 330 g/mol. The van der Waals surface area contributed by atoms with Crippen LogP contribution in [0.1, 0.15) is 17.0 Å². The van der Waals surface area contributed by atoms with Crippen LogP contribution < -0.4 is 5.73 Å². The predicted octanol–water partition coefficient (Wildman–Crippen LogP) is 3.80. The lowest BCUT2D eigenvalue weighted by Crippen LogP contribution is -1.99. The van der Waals surface area contributed by atoms with Crippen molar-refractivity contribution in [1.29, 1.82) is 0 Å². The normalized spacial score (nSPS) is 10.9. The molecule has 96 valence electrons. The van der Waals surface area contributed by atoms with E-state index in [1.54, 1.807) is 12.1 Å². The van der Waals surface area contributed by atoms with Crippen molar-refractivity contribution in [3.05, 3.63) is 39.4 Å². The smallest absolute Gasteiger partial charge is 0.261 e. The van der Waals surface area contributed by atoms with Crippen LogP contribution in [0.5, 0.6) is 0 Å². The van der Waals surface area contributed by atoms with Crippen molar-refractivity contribution < 1.29 is 8.81 Å². The molecule has 0 saturated heterocycles. The van der Waals surface area contributed by atoms with Gasteiger partial charge in [-0.2, -0.15) is 0 Å². The second kappa shape index (κ2) is 5.42. The van der Waals surface area contributed by atoms with Crippen LogP contribution in [-0.4, -0.2) is 4.98 Å². The maximum Gasteiger partial charge on any atom is 0.261 e. The van der Waals surface area contributed by atoms with Gasteiger partial charge in [0.1, 0.15) is 5.76 Å². The van der Waals surface area contributed by atoms with Crippen LogP contribution in [0, 0.1) is 19.7 Å². The second-order valence-corrected chi connectivity index (χ2v) is 5.56. The van der Waals surface area contributed by atoms with Crippen molar-refractivity contribution >= 4 is 27.7 Å². The summed E-state index contributed by atoms with van der Waals surface area (Å²) in [7, 11) is 0. The molecule has 0 atom stereocenters. The Kier molecular flexibility index (Phi) is 4.09. The van der Waals surface area contributed by atoms with E-state index in [1.807, 2.05) is 13.8 Å². The number of nitrogens with zero attached hydrogens (tertiary/aromatic N) is 1. The zero-order valence-corrected chi connectivity index (χ0v) is 12.4. The molecular formula is C12H12BrFN2OS. The Bertz CT molecular complexity index is 566. The average molecular weight is 331 g/mol. The highest BCUT2D eigenvalue weighted by atomic mass is 79.9. The molecule has 6 heteroatoms. The molecule has 0 saturated carbocycles. The summed E-state index contributed by atoms with van der Waals surface area (Å²) in [6.45, 7) is 3.97. The van der Waals surface area contributed by atoms with Gasteiger partial charge in [0, 0.05) is 6.54 Å². The van der Waals surface area contributed by atoms with Crippen molar-refractivity contribution in [3.63, 3.8) is 0 Å². The highest BCUT2D eigenvalue weighted by Crippen LogP contribution is 2.34. The van der Waals surface area contributed by atoms with Gasteiger partial charge in [0.15, 0.2) is 5.82 Å². The third-order valence-electron chi connectivity index (χ3n) is 2.55. The summed E-state index contributed by atoms with van der Waals surface area (Å²) in [5.74, 6) is 0.409. The molecule has 0 spiro atoms. The van der Waals surface area contributed by atoms with Crippen LogP contribution in [-0.2, 0) is 6.54 Å². The SMILES string of the molecule is Cc1nc(Sc2ccc(CN)c(Br)c2F)oc1C. The molecular weight excluding hydrogens is 319 g/mol. The molecule has 0 amide bonds. The van der Waals surface area contributed by atoms with Gasteiger partial charge in [0.25, 0.3) is 5.22 Å². The van der Waals surface area contributed by atoms with Gasteiger partial charge in [-0.1, -0.05) is 6.07 Å². The number of hydrogen-bond acceptors (Lipinski definition) is 4. The topological polar surface area (TPSA) is 52.0 Å². The summed E-state index contributed by atoms with van der Waals surface area (Å²) < 4.78 is 19.9. The quantitative estimate of drug-likeness (QED) is 0.929. The minimum absolute atomic E-state index is 0.291. The number of nitrogens with two attached hydrogens (primary N) is 1. The number of benzene rings is 1. The third kappa shape index (κ3) is 2.60. The molecule has 2 aromatic rings. The number of aromatic nitrogens is 1. The molecule has 0 aliphatic heterocycles. The van der Waals surface area contributed by atoms with E-state index in [-0.39, 0.29) is 5.82 Å². The van der Waals surface area contributed by atoms with Crippen molar-refractivity contribution in [2.75, 3.05) is 0 Å². The van der Waals surface area contributed by atoms with Crippen LogP contribution in [0.15, 0.2) is 31.1 Å². The van der Waals surface area contributed by atoms with E-state index in [2.05, 4.69) is 20.9 Å². The summed E-state index contributed by atoms with van der Waals surface area (Å²) in [6.07, 6.45) is 0. The number of rotatable bonds is 3. The van der Waals surface area contributed by atoms with Crippen molar-refractivity contribution in [2.45, 2.75) is 30.5 Å². The van der Waals surface area contributed by atoms with Crippen LogP contribution in [0.3, 0.4) is 0 Å². The Morgan fingerprint density at radius 3 is 2.72 bits per heavy atom. The second-order valence-electron chi connectivity index (χ2n) is 3.78. The molecule has 1 aromatic carbocycles. The van der Waals surface area contributed by atoms with Crippen molar-refractivity contribution in [3.8, 4) is 0 Å². The minimum Gasteiger partial charge on any atom is -0.436 e. The summed E-state index contributed by atoms with van der Waals surface area (Å²) >= 11 is 4.36. The lowest BCUT2D eigenvalue weighted by molar-refractivity contribution is 0.430. The fourth-order valence-electron chi connectivity index (χ4n) is 1.39. The lowest BCUT2D eigenvalue weighted by atomic mass is 10.2. The molecule has 0 unspecified atom stereocenters. The molecule has 1 heterocycles. The van der Waals surface area contributed by atoms with E-state index < -0.39 is 0 Å². The van der Waals surface area contributed by atoms with Crippen LogP contribution in [0.4, 0.5) is 4.39 Å². The van der Waals surface area contributed by atoms with Gasteiger partial charge in [-0.25, -0.2) is 9.37 Å². The lowest BCUT2D eigenvalue weighted by Gasteiger charge is -2.06. The van der Waals surface area contributed by atoms with Crippen LogP contribution >= 0.6 is 27.7 Å². The number of halogens is 2. The van der Waals surface area contributed by atoms with Crippen LogP contribution in [0.2, 0.25) is 0 Å². The number of oxazole rings is 1. The zero-order chi connectivity index (χ0) is 13.3. The first-order valence-corrected chi connectivity index (χ1v) is 6.92. The molecule has 1 aromatic heterocycles. The Morgan fingerprint density at radius 1 is 1.44 bits per heavy atom. The van der Waals surface area contributed by atoms with Gasteiger partial charge in [-0.05, 0) is 53.2 Å². The standard InChI is InChI=1S/C12H12BrFN2OS/c1-6-7(2)17-12(16-6)18-9-4-3-8(5-15)10(13)11(9)14/h3-4H,5,15H2,1-2H3. The minimum atomic E-state index is -0.337. The Hall–Kier alpha value is -0.850. The van der Waals surface area contributed by atoms with E-state index in [4.69, 9.17) is 10.2 Å². The van der Waals surface area contributed by atoms with Gasteiger partial charge in [0.2, 0.25) is 0 Å². The highest BCUT2D eigenvalue weighted by Gasteiger charge is 2.14. The molecule has 3 nitrogen and oxygen atoms in total. The summed E-state index contributed by atoms with van der Waals surface area (Å²) in [5, 5.41) is 0.441. The molecule has 0 aliphatic carbocycles. The molecule has 0 aliphatic rings. The first kappa shape index (κ1) is 13.6. The van der Waals surface area contributed by atoms with Gasteiger partial charge < -0.3 is 10.2 Å². The van der Waals surface area contributed by atoms with E-state index in [0.29, 0.717) is 21.1 Å². The summed E-state index contributed by atoms with van der Waals surface area (Å²) in [6, 6.07) is 3.47. The average Bonchev–Trinajstić information content (AvgIpc) is 2.65. The van der Waals surface area contributed by atoms with Gasteiger partial charge in [-0.15, -0.1) is 0 Å². The fourth-order valence-corrected chi connectivity index (χ4v) is 2.89. The van der Waals surface area contributed by atoms with Gasteiger partial charge in [-0.3, -0.25) is 0 Å². The molecule has 18 heavy (non-hydrogen) atoms. The van der Waals surface area contributed by atoms with Crippen molar-refractivity contribution in [1.82, 2.24) is 4.98 Å². The molecule has 0 fully saturated rings. The van der Waals surface area contributed by atoms with E-state index in [9.17, 15) is 4.39 Å². The summed E-state index contributed by atoms with van der Waals surface area (Å²) in [5.41, 5.74) is 7.06. The Labute approximate surface area is 117 Å². The van der Waals surface area contributed by atoms with E-state index in [1.165, 1.54) is 0 Å². The molecule has 0 radical (unpaired) electrons.